The van der Waals surface area contributed by atoms with Crippen LogP contribution in [0, 0.1) is 0 Å². The standard InChI is InChI=1S/C6H12O2/c1-5-6(7)3-2-4-8-5/h5-7H,2-4H2,1H3/t5-,6-/m1/s1. The van der Waals surface area contributed by atoms with E-state index in [0.29, 0.717) is 0 Å². The first-order valence-corrected chi connectivity index (χ1v) is 3.10. The van der Waals surface area contributed by atoms with Crippen LogP contribution in [0.25, 0.3) is 0 Å². The van der Waals surface area contributed by atoms with Gasteiger partial charge in [-0.15, -0.1) is 0 Å². The van der Waals surface area contributed by atoms with Crippen LogP contribution < -0.4 is 0 Å². The van der Waals surface area contributed by atoms with Crippen LogP contribution in [-0.2, 0) is 4.74 Å². The zero-order valence-corrected chi connectivity index (χ0v) is 5.13. The summed E-state index contributed by atoms with van der Waals surface area (Å²) in [6, 6.07) is 0. The van der Waals surface area contributed by atoms with Gasteiger partial charge in [0, 0.05) is 6.61 Å². The minimum Gasteiger partial charge on any atom is -0.390 e. The Morgan fingerprint density at radius 2 is 2.38 bits per heavy atom. The zero-order chi connectivity index (χ0) is 5.98. The van der Waals surface area contributed by atoms with Gasteiger partial charge in [0.05, 0.1) is 12.2 Å². The van der Waals surface area contributed by atoms with Gasteiger partial charge in [0.2, 0.25) is 0 Å². The van der Waals surface area contributed by atoms with Crippen molar-refractivity contribution < 1.29 is 9.84 Å². The molecule has 1 fully saturated rings. The molecule has 0 aromatic rings. The van der Waals surface area contributed by atoms with Crippen molar-refractivity contribution in [2.45, 2.75) is 32.0 Å². The van der Waals surface area contributed by atoms with Gasteiger partial charge in [0.15, 0.2) is 0 Å². The number of rotatable bonds is 0. The van der Waals surface area contributed by atoms with Gasteiger partial charge in [-0.1, -0.05) is 0 Å². The third kappa shape index (κ3) is 1.20. The summed E-state index contributed by atoms with van der Waals surface area (Å²) in [5.41, 5.74) is 0. The largest absolute Gasteiger partial charge is 0.390 e. The minimum atomic E-state index is -0.219. The second-order valence-electron chi connectivity index (χ2n) is 2.29. The van der Waals surface area contributed by atoms with Crippen molar-refractivity contribution in [3.8, 4) is 0 Å². The Balaban J connectivity index is 2.28. The molecule has 2 atom stereocenters. The van der Waals surface area contributed by atoms with Gasteiger partial charge in [-0.3, -0.25) is 0 Å². The predicted molar refractivity (Wildman–Crippen MR) is 30.7 cm³/mol. The van der Waals surface area contributed by atoms with Crippen molar-refractivity contribution in [3.63, 3.8) is 0 Å². The molecule has 0 bridgehead atoms. The first-order valence-electron chi connectivity index (χ1n) is 3.10. The summed E-state index contributed by atoms with van der Waals surface area (Å²) in [4.78, 5) is 0. The maximum absolute atomic E-state index is 9.05. The lowest BCUT2D eigenvalue weighted by molar-refractivity contribution is -0.0634. The summed E-state index contributed by atoms with van der Waals surface area (Å²) in [6.45, 7) is 2.72. The van der Waals surface area contributed by atoms with Crippen LogP contribution in [0.4, 0.5) is 0 Å². The molecule has 0 saturated carbocycles. The average molecular weight is 116 g/mol. The Hall–Kier alpha value is -0.0800. The Kier molecular flexibility index (Phi) is 1.86. The van der Waals surface area contributed by atoms with Gasteiger partial charge in [-0.05, 0) is 19.8 Å². The molecule has 0 aliphatic carbocycles. The molecule has 0 radical (unpaired) electrons. The van der Waals surface area contributed by atoms with Crippen LogP contribution >= 0.6 is 0 Å². The second kappa shape index (κ2) is 2.46. The molecule has 0 aromatic heterocycles. The predicted octanol–water partition coefficient (Wildman–Crippen LogP) is 0.546. The monoisotopic (exact) mass is 116 g/mol. The fourth-order valence-corrected chi connectivity index (χ4v) is 0.907. The van der Waals surface area contributed by atoms with Crippen molar-refractivity contribution in [2.75, 3.05) is 6.61 Å². The highest BCUT2D eigenvalue weighted by Crippen LogP contribution is 2.11. The van der Waals surface area contributed by atoms with Crippen LogP contribution in [0.15, 0.2) is 0 Å². The zero-order valence-electron chi connectivity index (χ0n) is 5.13. The SMILES string of the molecule is C[C@H]1OCCC[C@H]1O. The van der Waals surface area contributed by atoms with E-state index in [4.69, 9.17) is 9.84 Å². The van der Waals surface area contributed by atoms with Gasteiger partial charge >= 0.3 is 0 Å². The van der Waals surface area contributed by atoms with Crippen LogP contribution in [0.2, 0.25) is 0 Å². The number of hydrogen-bond acceptors (Lipinski definition) is 2. The van der Waals surface area contributed by atoms with Crippen molar-refractivity contribution in [1.29, 1.82) is 0 Å². The van der Waals surface area contributed by atoms with E-state index in [1.54, 1.807) is 0 Å². The van der Waals surface area contributed by atoms with Gasteiger partial charge in [0.25, 0.3) is 0 Å². The molecule has 1 N–H and O–H groups in total. The highest BCUT2D eigenvalue weighted by Gasteiger charge is 2.18. The van der Waals surface area contributed by atoms with Crippen LogP contribution in [0.5, 0.6) is 0 Å². The average Bonchev–Trinajstić information content (AvgIpc) is 1.77. The summed E-state index contributed by atoms with van der Waals surface area (Å²) in [5, 5.41) is 9.05. The Labute approximate surface area is 49.5 Å². The highest BCUT2D eigenvalue weighted by molar-refractivity contribution is 4.67. The third-order valence-electron chi connectivity index (χ3n) is 1.57. The topological polar surface area (TPSA) is 29.5 Å². The van der Waals surface area contributed by atoms with E-state index in [1.807, 2.05) is 6.92 Å². The molecule has 0 amide bonds. The lowest BCUT2D eigenvalue weighted by atomic mass is 10.1. The maximum atomic E-state index is 9.05. The fraction of sp³-hybridized carbons (Fsp3) is 1.00. The van der Waals surface area contributed by atoms with E-state index >= 15 is 0 Å². The fourth-order valence-electron chi connectivity index (χ4n) is 0.907. The summed E-state index contributed by atoms with van der Waals surface area (Å²) in [7, 11) is 0. The molecule has 1 rings (SSSR count). The molecule has 1 heterocycles. The summed E-state index contributed by atoms with van der Waals surface area (Å²) >= 11 is 0. The highest BCUT2D eigenvalue weighted by atomic mass is 16.5. The summed E-state index contributed by atoms with van der Waals surface area (Å²) in [6.07, 6.45) is 1.75. The van der Waals surface area contributed by atoms with Crippen molar-refractivity contribution >= 4 is 0 Å². The molecule has 2 nitrogen and oxygen atoms in total. The van der Waals surface area contributed by atoms with Gasteiger partial charge in [-0.2, -0.15) is 0 Å². The van der Waals surface area contributed by atoms with E-state index < -0.39 is 0 Å². The van der Waals surface area contributed by atoms with Crippen LogP contribution in [0.3, 0.4) is 0 Å². The normalized spacial score (nSPS) is 39.8. The van der Waals surface area contributed by atoms with Crippen molar-refractivity contribution in [3.05, 3.63) is 0 Å². The molecule has 0 spiro atoms. The van der Waals surface area contributed by atoms with Gasteiger partial charge in [-0.25, -0.2) is 0 Å². The number of hydrogen-bond donors (Lipinski definition) is 1. The molecule has 0 unspecified atom stereocenters. The van der Waals surface area contributed by atoms with Crippen molar-refractivity contribution in [1.82, 2.24) is 0 Å². The van der Waals surface area contributed by atoms with Gasteiger partial charge in [0.1, 0.15) is 0 Å². The summed E-state index contributed by atoms with van der Waals surface area (Å²) < 4.78 is 5.14. The second-order valence-corrected chi connectivity index (χ2v) is 2.29. The van der Waals surface area contributed by atoms with E-state index in [9.17, 15) is 0 Å². The van der Waals surface area contributed by atoms with Crippen molar-refractivity contribution in [2.24, 2.45) is 0 Å². The first-order chi connectivity index (χ1) is 3.80. The molecule has 1 aliphatic heterocycles. The van der Waals surface area contributed by atoms with E-state index in [1.165, 1.54) is 0 Å². The number of ether oxygens (including phenoxy) is 1. The molecule has 8 heavy (non-hydrogen) atoms. The first kappa shape index (κ1) is 6.05. The lowest BCUT2D eigenvalue weighted by Crippen LogP contribution is -2.30. The maximum Gasteiger partial charge on any atom is 0.0805 e. The molecule has 1 aliphatic rings. The molecule has 1 saturated heterocycles. The van der Waals surface area contributed by atoms with Gasteiger partial charge < -0.3 is 9.84 Å². The molecule has 0 aromatic carbocycles. The quantitative estimate of drug-likeness (QED) is 0.500. The van der Waals surface area contributed by atoms with E-state index in [2.05, 4.69) is 0 Å². The third-order valence-corrected chi connectivity index (χ3v) is 1.57. The molecular weight excluding hydrogens is 104 g/mol. The Bertz CT molecular complexity index is 62.9. The lowest BCUT2D eigenvalue weighted by Gasteiger charge is -2.24. The number of aliphatic hydroxyl groups excluding tert-OH is 1. The van der Waals surface area contributed by atoms with Crippen LogP contribution in [-0.4, -0.2) is 23.9 Å². The minimum absolute atomic E-state index is 0.0590. The smallest absolute Gasteiger partial charge is 0.0805 e. The summed E-state index contributed by atoms with van der Waals surface area (Å²) in [5.74, 6) is 0. The Morgan fingerprint density at radius 3 is 2.75 bits per heavy atom. The molecule has 2 heteroatoms. The van der Waals surface area contributed by atoms with E-state index in [-0.39, 0.29) is 12.2 Å². The Morgan fingerprint density at radius 1 is 1.62 bits per heavy atom. The number of aliphatic hydroxyl groups is 1. The molecular formula is C6H12O2. The van der Waals surface area contributed by atoms with Crippen LogP contribution in [0.1, 0.15) is 19.8 Å². The molecule has 48 valence electrons. The van der Waals surface area contributed by atoms with E-state index in [0.717, 1.165) is 19.4 Å².